The number of amides is 2. The standard InChI is InChI=1S/C45H80N2O25/c1-5-7-8-9-10-11-12-13-14-15-17-63-41-30(47-28(54)16-6-2)39(67-42-35(59)34(58)31(55)22(3)64-42)37(27(21-50)66-41)69-71-43-36(60)40(33(57)26(20-49)65-43)70-72-45(44(61)62)18-24(52)29(46-23(4)51)38(68-45)32(56)25(53)19-48/h22,24-27,29-43,48-50,52-53,55-60H,5-21H2,1-4H3,(H,46,51)(H,47,54)(H,61,62)/t22-,24-,25+,26+,27+,29+,30+,31+,32-,33-,34+,35-,36+,37+,38+,39+,40-,41+,42-,43-,45-/m0/s1. The highest BCUT2D eigenvalue weighted by molar-refractivity contribution is 5.77. The lowest BCUT2D eigenvalue weighted by atomic mass is 9.88. The van der Waals surface area contributed by atoms with Crippen LogP contribution in [0.15, 0.2) is 0 Å². The van der Waals surface area contributed by atoms with Crippen LogP contribution in [0.1, 0.15) is 111 Å². The van der Waals surface area contributed by atoms with Crippen LogP contribution in [-0.4, -0.2) is 234 Å². The molecule has 0 aliphatic carbocycles. The first kappa shape index (κ1) is 62.1. The summed E-state index contributed by atoms with van der Waals surface area (Å²) in [7, 11) is 0. The van der Waals surface area contributed by atoms with Crippen molar-refractivity contribution >= 4 is 17.8 Å². The number of carboxylic acid groups (broad SMARTS) is 1. The fourth-order valence-electron chi connectivity index (χ4n) is 8.89. The average molecular weight is 1050 g/mol. The van der Waals surface area contributed by atoms with Gasteiger partial charge in [0.05, 0.1) is 38.1 Å². The number of carbonyl (C=O) groups is 3. The van der Waals surface area contributed by atoms with Crippen molar-refractivity contribution in [3.8, 4) is 0 Å². The molecule has 4 heterocycles. The van der Waals surface area contributed by atoms with Crippen LogP contribution in [-0.2, 0) is 62.4 Å². The predicted molar refractivity (Wildman–Crippen MR) is 240 cm³/mol. The summed E-state index contributed by atoms with van der Waals surface area (Å²) >= 11 is 0. The molecule has 4 aliphatic heterocycles. The number of ether oxygens (including phenoxy) is 6. The Hall–Kier alpha value is -2.43. The molecule has 27 heteroatoms. The largest absolute Gasteiger partial charge is 0.477 e. The van der Waals surface area contributed by atoms with Gasteiger partial charge in [-0.05, 0) is 19.8 Å². The lowest BCUT2D eigenvalue weighted by Gasteiger charge is -2.48. The molecule has 4 aliphatic rings. The molecule has 0 radical (unpaired) electrons. The van der Waals surface area contributed by atoms with Crippen LogP contribution in [0.25, 0.3) is 0 Å². The van der Waals surface area contributed by atoms with E-state index in [4.69, 9.17) is 48.0 Å². The number of carbonyl (C=O) groups excluding carboxylic acids is 2. The quantitative estimate of drug-likeness (QED) is 0.0187. The smallest absolute Gasteiger partial charge is 0.367 e. The van der Waals surface area contributed by atoms with Gasteiger partial charge in [-0.3, -0.25) is 9.59 Å². The van der Waals surface area contributed by atoms with Crippen molar-refractivity contribution in [3.63, 3.8) is 0 Å². The number of rotatable bonds is 30. The van der Waals surface area contributed by atoms with Gasteiger partial charge < -0.3 is 100 Å². The second kappa shape index (κ2) is 30.3. The van der Waals surface area contributed by atoms with E-state index in [0.717, 1.165) is 39.0 Å². The van der Waals surface area contributed by atoms with Gasteiger partial charge in [-0.2, -0.15) is 4.89 Å². The second-order valence-corrected chi connectivity index (χ2v) is 18.8. The maximum atomic E-state index is 13.3. The fourth-order valence-corrected chi connectivity index (χ4v) is 8.89. The van der Waals surface area contributed by atoms with Crippen molar-refractivity contribution in [3.05, 3.63) is 0 Å². The molecule has 4 rings (SSSR count). The highest BCUT2D eigenvalue weighted by Gasteiger charge is 2.59. The Kier molecular flexibility index (Phi) is 26.2. The van der Waals surface area contributed by atoms with E-state index in [1.165, 1.54) is 32.6 Å². The van der Waals surface area contributed by atoms with Crippen LogP contribution >= 0.6 is 0 Å². The zero-order valence-electron chi connectivity index (χ0n) is 41.2. The van der Waals surface area contributed by atoms with E-state index in [1.807, 2.05) is 0 Å². The SMILES string of the molecule is CCCCCCCCCCCCO[C@@H]1O[C@H](CO)[C@@H](OO[C@@H]2O[C@H](CO)[C@H](O)[C@H](OO[C@]3(C(=O)O)C[C@H](O)[C@@H](NC(C)=O)[C@H]([C@@H](O)[C@H](O)CO)O3)[C@H]2O)[C@H](O[C@@H]2O[C@@H](C)[C@@H](O)[C@@H](O)[C@@H]2O)[C@H]1NC(=O)CCC. The van der Waals surface area contributed by atoms with Gasteiger partial charge in [-0.1, -0.05) is 71.6 Å². The van der Waals surface area contributed by atoms with Gasteiger partial charge in [0.25, 0.3) is 0 Å². The van der Waals surface area contributed by atoms with E-state index < -0.39 is 172 Å². The third-order valence-electron chi connectivity index (χ3n) is 13.1. The number of nitrogens with one attached hydrogen (secondary N) is 2. The summed E-state index contributed by atoms with van der Waals surface area (Å²) in [6.45, 7) is 3.55. The summed E-state index contributed by atoms with van der Waals surface area (Å²) in [6.07, 6.45) is -22.8. The van der Waals surface area contributed by atoms with Crippen LogP contribution in [0.2, 0.25) is 0 Å². The molecule has 4 saturated heterocycles. The van der Waals surface area contributed by atoms with Crippen molar-refractivity contribution in [2.75, 3.05) is 26.4 Å². The van der Waals surface area contributed by atoms with Gasteiger partial charge >= 0.3 is 11.8 Å². The zero-order chi connectivity index (χ0) is 53.3. The van der Waals surface area contributed by atoms with Crippen LogP contribution in [0, 0.1) is 0 Å². The number of hydrogen-bond acceptors (Lipinski definition) is 24. The molecule has 72 heavy (non-hydrogen) atoms. The number of carboxylic acids is 1. The first-order valence-corrected chi connectivity index (χ1v) is 24.9. The van der Waals surface area contributed by atoms with E-state index in [-0.39, 0.29) is 13.0 Å². The molecule has 14 N–H and O–H groups in total. The van der Waals surface area contributed by atoms with Crippen LogP contribution < -0.4 is 10.6 Å². The lowest BCUT2D eigenvalue weighted by molar-refractivity contribution is -0.501. The normalized spacial score (nSPS) is 38.2. The molecule has 0 spiro atoms. The van der Waals surface area contributed by atoms with Crippen LogP contribution in [0.3, 0.4) is 0 Å². The summed E-state index contributed by atoms with van der Waals surface area (Å²) in [5.74, 6) is -6.42. The van der Waals surface area contributed by atoms with E-state index in [9.17, 15) is 75.7 Å². The van der Waals surface area contributed by atoms with Crippen LogP contribution in [0.5, 0.6) is 0 Å². The maximum absolute atomic E-state index is 13.3. The molecular formula is C45H80N2O25. The van der Waals surface area contributed by atoms with Crippen molar-refractivity contribution in [2.24, 2.45) is 0 Å². The van der Waals surface area contributed by atoms with Gasteiger partial charge in [-0.15, -0.1) is 0 Å². The summed E-state index contributed by atoms with van der Waals surface area (Å²) < 4.78 is 35.4. The minimum atomic E-state index is -3.12. The van der Waals surface area contributed by atoms with E-state index in [0.29, 0.717) is 12.8 Å². The Morgan fingerprint density at radius 1 is 0.667 bits per heavy atom. The molecule has 0 bridgehead atoms. The lowest BCUT2D eigenvalue weighted by Crippen LogP contribution is -2.69. The molecule has 0 aromatic carbocycles. The van der Waals surface area contributed by atoms with Gasteiger partial charge in [0.15, 0.2) is 18.7 Å². The van der Waals surface area contributed by atoms with Crippen LogP contribution in [0.4, 0.5) is 0 Å². The minimum Gasteiger partial charge on any atom is -0.477 e. The Morgan fingerprint density at radius 3 is 1.88 bits per heavy atom. The minimum absolute atomic E-state index is 0.00960. The molecule has 2 amide bonds. The Morgan fingerprint density at radius 2 is 1.29 bits per heavy atom. The maximum Gasteiger partial charge on any atom is 0.367 e. The van der Waals surface area contributed by atoms with E-state index in [1.54, 1.807) is 6.92 Å². The van der Waals surface area contributed by atoms with Gasteiger partial charge in [0, 0.05) is 26.4 Å². The van der Waals surface area contributed by atoms with Gasteiger partial charge in [-0.25, -0.2) is 19.5 Å². The number of aliphatic hydroxyl groups is 11. The molecule has 4 fully saturated rings. The second-order valence-electron chi connectivity index (χ2n) is 18.8. The first-order chi connectivity index (χ1) is 34.3. The Bertz CT molecular complexity index is 1610. The monoisotopic (exact) mass is 1050 g/mol. The summed E-state index contributed by atoms with van der Waals surface area (Å²) in [5, 5.41) is 133. The predicted octanol–water partition coefficient (Wildman–Crippen LogP) is -3.64. The van der Waals surface area contributed by atoms with Crippen molar-refractivity contribution in [2.45, 2.75) is 239 Å². The van der Waals surface area contributed by atoms with E-state index >= 15 is 0 Å². The van der Waals surface area contributed by atoms with Gasteiger partial charge in [0.2, 0.25) is 18.1 Å². The molecule has 0 aromatic heterocycles. The van der Waals surface area contributed by atoms with Gasteiger partial charge in [0.1, 0.15) is 79.3 Å². The highest BCUT2D eigenvalue weighted by Crippen LogP contribution is 2.37. The first-order valence-electron chi connectivity index (χ1n) is 24.9. The van der Waals surface area contributed by atoms with Crippen molar-refractivity contribution in [1.82, 2.24) is 10.6 Å². The Balaban J connectivity index is 1.59. The van der Waals surface area contributed by atoms with Crippen molar-refractivity contribution < 1.29 is 124 Å². The molecule has 27 nitrogen and oxygen atoms in total. The van der Waals surface area contributed by atoms with E-state index in [2.05, 4.69) is 17.6 Å². The molecule has 420 valence electrons. The number of aliphatic hydroxyl groups excluding tert-OH is 11. The molecule has 21 atom stereocenters. The molecule has 0 saturated carbocycles. The average Bonchev–Trinajstić information content (AvgIpc) is 3.34. The zero-order valence-corrected chi connectivity index (χ0v) is 41.2. The Labute approximate surface area is 417 Å². The molecular weight excluding hydrogens is 968 g/mol. The summed E-state index contributed by atoms with van der Waals surface area (Å²) in [5.41, 5.74) is 0. The highest BCUT2D eigenvalue weighted by atomic mass is 17.2. The number of aliphatic carboxylic acids is 1. The number of unbranched alkanes of at least 4 members (excludes halogenated alkanes) is 9. The topological polar surface area (TPSA) is 410 Å². The molecule has 0 aromatic rings. The third kappa shape index (κ3) is 16.5. The third-order valence-corrected chi connectivity index (χ3v) is 13.1. The summed E-state index contributed by atoms with van der Waals surface area (Å²) in [6, 6.07) is -2.93. The van der Waals surface area contributed by atoms with Crippen molar-refractivity contribution in [1.29, 1.82) is 0 Å². The fraction of sp³-hybridized carbons (Fsp3) is 0.933. The summed E-state index contributed by atoms with van der Waals surface area (Å²) in [4.78, 5) is 59.9. The molecule has 0 unspecified atom stereocenters. The number of hydrogen-bond donors (Lipinski definition) is 14.